The van der Waals surface area contributed by atoms with Gasteiger partial charge in [-0.1, -0.05) is 49.4 Å². The number of rotatable bonds is 9. The molecule has 0 saturated carbocycles. The lowest BCUT2D eigenvalue weighted by atomic mass is 10.2. The van der Waals surface area contributed by atoms with E-state index in [-0.39, 0.29) is 12.5 Å². The van der Waals surface area contributed by atoms with Crippen LogP contribution in [0.2, 0.25) is 0 Å². The molecule has 2 rings (SSSR count). The molecule has 0 atom stereocenters. The molecule has 0 radical (unpaired) electrons. The number of nitrogens with one attached hydrogen (secondary N) is 1. The monoisotopic (exact) mass is 329 g/mol. The van der Waals surface area contributed by atoms with Gasteiger partial charge in [0.05, 0.1) is 0 Å². The summed E-state index contributed by atoms with van der Waals surface area (Å²) in [5, 5.41) is 2.88. The summed E-state index contributed by atoms with van der Waals surface area (Å²) in [6.45, 7) is 2.84. The van der Waals surface area contributed by atoms with Gasteiger partial charge in [-0.05, 0) is 29.7 Å². The number of benzene rings is 2. The minimum atomic E-state index is -0.0788. The largest absolute Gasteiger partial charge is 0.484 e. The molecule has 2 aromatic rings. The zero-order chi connectivity index (χ0) is 16.3. The van der Waals surface area contributed by atoms with Gasteiger partial charge in [-0.25, -0.2) is 0 Å². The molecule has 1 N–H and O–H groups in total. The van der Waals surface area contributed by atoms with Crippen molar-refractivity contribution in [3.05, 3.63) is 65.7 Å². The maximum atomic E-state index is 11.7. The third kappa shape index (κ3) is 6.78. The highest BCUT2D eigenvalue weighted by Gasteiger charge is 2.02. The Kier molecular flexibility index (Phi) is 7.54. The van der Waals surface area contributed by atoms with E-state index < -0.39 is 0 Å². The molecule has 0 heterocycles. The average Bonchev–Trinajstić information content (AvgIpc) is 2.61. The second-order valence-electron chi connectivity index (χ2n) is 5.17. The maximum absolute atomic E-state index is 11.7. The summed E-state index contributed by atoms with van der Waals surface area (Å²) in [4.78, 5) is 11.7. The van der Waals surface area contributed by atoms with Crippen molar-refractivity contribution in [3.8, 4) is 5.75 Å². The molecule has 3 nitrogen and oxygen atoms in total. The first-order valence-corrected chi connectivity index (χ1v) is 9.03. The van der Waals surface area contributed by atoms with Gasteiger partial charge in [-0.15, -0.1) is 0 Å². The summed E-state index contributed by atoms with van der Waals surface area (Å²) in [6.07, 6.45) is 1.00. The summed E-state index contributed by atoms with van der Waals surface area (Å²) in [7, 11) is 0. The van der Waals surface area contributed by atoms with E-state index in [1.54, 1.807) is 0 Å². The quantitative estimate of drug-likeness (QED) is 0.713. The van der Waals surface area contributed by atoms with Crippen LogP contribution in [0.5, 0.6) is 5.75 Å². The number of hydrogen-bond donors (Lipinski definition) is 1. The molecule has 0 aliphatic rings. The second-order valence-corrected chi connectivity index (χ2v) is 6.28. The van der Waals surface area contributed by atoms with E-state index in [2.05, 4.69) is 24.4 Å². The number of amides is 1. The summed E-state index contributed by atoms with van der Waals surface area (Å²) < 4.78 is 5.47. The van der Waals surface area contributed by atoms with Gasteiger partial charge in [0, 0.05) is 18.1 Å². The van der Waals surface area contributed by atoms with Crippen LogP contribution in [0.1, 0.15) is 18.1 Å². The molecule has 0 bridgehead atoms. The van der Waals surface area contributed by atoms with Crippen molar-refractivity contribution in [2.75, 3.05) is 18.9 Å². The van der Waals surface area contributed by atoms with Crippen LogP contribution in [0.15, 0.2) is 54.6 Å². The summed E-state index contributed by atoms with van der Waals surface area (Å²) >= 11 is 1.81. The minimum absolute atomic E-state index is 0.0643. The van der Waals surface area contributed by atoms with Crippen molar-refractivity contribution in [1.29, 1.82) is 0 Å². The SMILES string of the molecule is CCc1ccc(OCC(=O)NCCSCc2ccccc2)cc1. The van der Waals surface area contributed by atoms with E-state index >= 15 is 0 Å². The Morgan fingerprint density at radius 3 is 2.48 bits per heavy atom. The number of carbonyl (C=O) groups excluding carboxylic acids is 1. The molecule has 0 aromatic heterocycles. The molecule has 2 aromatic carbocycles. The fraction of sp³-hybridized carbons (Fsp3) is 0.316. The van der Waals surface area contributed by atoms with Crippen LogP contribution in [-0.2, 0) is 17.0 Å². The molecule has 1 amide bonds. The number of carbonyl (C=O) groups is 1. The molecule has 0 aliphatic carbocycles. The zero-order valence-corrected chi connectivity index (χ0v) is 14.3. The van der Waals surface area contributed by atoms with Crippen LogP contribution in [0.4, 0.5) is 0 Å². The average molecular weight is 329 g/mol. The number of hydrogen-bond acceptors (Lipinski definition) is 3. The molecular formula is C19H23NO2S. The highest BCUT2D eigenvalue weighted by Crippen LogP contribution is 2.12. The molecule has 0 spiro atoms. The lowest BCUT2D eigenvalue weighted by Gasteiger charge is -2.08. The van der Waals surface area contributed by atoms with Gasteiger partial charge >= 0.3 is 0 Å². The van der Waals surface area contributed by atoms with Crippen molar-refractivity contribution < 1.29 is 9.53 Å². The highest BCUT2D eigenvalue weighted by molar-refractivity contribution is 7.98. The first-order chi connectivity index (χ1) is 11.3. The molecule has 0 fully saturated rings. The molecule has 0 unspecified atom stereocenters. The number of thioether (sulfide) groups is 1. The zero-order valence-electron chi connectivity index (χ0n) is 13.5. The van der Waals surface area contributed by atoms with E-state index in [4.69, 9.17) is 4.74 Å². The van der Waals surface area contributed by atoms with E-state index in [9.17, 15) is 4.79 Å². The summed E-state index contributed by atoms with van der Waals surface area (Å²) in [6, 6.07) is 18.2. The van der Waals surface area contributed by atoms with Crippen molar-refractivity contribution in [3.63, 3.8) is 0 Å². The first-order valence-electron chi connectivity index (χ1n) is 7.88. The number of aryl methyl sites for hydroxylation is 1. The van der Waals surface area contributed by atoms with Crippen LogP contribution in [0, 0.1) is 0 Å². The van der Waals surface area contributed by atoms with Gasteiger partial charge in [0.2, 0.25) is 0 Å². The normalized spacial score (nSPS) is 10.3. The Balaban J connectivity index is 1.56. The number of ether oxygens (including phenoxy) is 1. The highest BCUT2D eigenvalue weighted by atomic mass is 32.2. The van der Waals surface area contributed by atoms with Crippen molar-refractivity contribution in [1.82, 2.24) is 5.32 Å². The van der Waals surface area contributed by atoms with Crippen LogP contribution in [-0.4, -0.2) is 24.8 Å². The fourth-order valence-corrected chi connectivity index (χ4v) is 2.87. The van der Waals surface area contributed by atoms with E-state index in [0.717, 1.165) is 23.7 Å². The van der Waals surface area contributed by atoms with Gasteiger partial charge < -0.3 is 10.1 Å². The van der Waals surface area contributed by atoms with Gasteiger partial charge in [0.1, 0.15) is 5.75 Å². The molecule has 122 valence electrons. The van der Waals surface area contributed by atoms with Crippen LogP contribution in [0.3, 0.4) is 0 Å². The Hall–Kier alpha value is -1.94. The third-order valence-electron chi connectivity index (χ3n) is 3.38. The topological polar surface area (TPSA) is 38.3 Å². The summed E-state index contributed by atoms with van der Waals surface area (Å²) in [5.74, 6) is 2.52. The second kappa shape index (κ2) is 9.95. The third-order valence-corrected chi connectivity index (χ3v) is 4.41. The van der Waals surface area contributed by atoms with E-state index in [1.807, 2.05) is 54.2 Å². The van der Waals surface area contributed by atoms with E-state index in [1.165, 1.54) is 11.1 Å². The molecule has 0 saturated heterocycles. The lowest BCUT2D eigenvalue weighted by Crippen LogP contribution is -2.30. The van der Waals surface area contributed by atoms with Gasteiger partial charge in [0.25, 0.3) is 5.91 Å². The van der Waals surface area contributed by atoms with Gasteiger partial charge in [-0.3, -0.25) is 4.79 Å². The molecule has 0 aliphatic heterocycles. The maximum Gasteiger partial charge on any atom is 0.257 e. The smallest absolute Gasteiger partial charge is 0.257 e. The fourth-order valence-electron chi connectivity index (χ4n) is 2.05. The van der Waals surface area contributed by atoms with Crippen LogP contribution < -0.4 is 10.1 Å². The Labute approximate surface area is 142 Å². The van der Waals surface area contributed by atoms with Gasteiger partial charge in [0.15, 0.2) is 6.61 Å². The molecular weight excluding hydrogens is 306 g/mol. The standard InChI is InChI=1S/C19H23NO2S/c1-2-16-8-10-18(11-9-16)22-14-19(21)20-12-13-23-15-17-6-4-3-5-7-17/h3-11H,2,12-15H2,1H3,(H,20,21). The lowest BCUT2D eigenvalue weighted by molar-refractivity contribution is -0.122. The minimum Gasteiger partial charge on any atom is -0.484 e. The van der Waals surface area contributed by atoms with Crippen LogP contribution >= 0.6 is 11.8 Å². The van der Waals surface area contributed by atoms with E-state index in [0.29, 0.717) is 6.54 Å². The van der Waals surface area contributed by atoms with Crippen molar-refractivity contribution >= 4 is 17.7 Å². The summed E-state index contributed by atoms with van der Waals surface area (Å²) in [5.41, 5.74) is 2.57. The van der Waals surface area contributed by atoms with Gasteiger partial charge in [-0.2, -0.15) is 11.8 Å². The van der Waals surface area contributed by atoms with Crippen molar-refractivity contribution in [2.45, 2.75) is 19.1 Å². The Morgan fingerprint density at radius 1 is 1.04 bits per heavy atom. The predicted molar refractivity (Wildman–Crippen MR) is 96.9 cm³/mol. The molecule has 4 heteroatoms. The predicted octanol–water partition coefficient (Wildman–Crippen LogP) is 3.68. The van der Waals surface area contributed by atoms with Crippen molar-refractivity contribution in [2.24, 2.45) is 0 Å². The Morgan fingerprint density at radius 2 is 1.78 bits per heavy atom. The van der Waals surface area contributed by atoms with Crippen LogP contribution in [0.25, 0.3) is 0 Å². The molecule has 23 heavy (non-hydrogen) atoms. The Bertz CT molecular complexity index is 584. The first kappa shape index (κ1) is 17.4.